The minimum absolute atomic E-state index is 0.476. The van der Waals surface area contributed by atoms with Crippen LogP contribution >= 0.6 is 0 Å². The molecule has 0 fully saturated rings. The second-order valence-electron chi connectivity index (χ2n) is 7.38. The lowest BCUT2D eigenvalue weighted by Crippen LogP contribution is -2.00. The van der Waals surface area contributed by atoms with E-state index in [9.17, 15) is 0 Å². The summed E-state index contributed by atoms with van der Waals surface area (Å²) in [5, 5.41) is 0. The largest absolute Gasteiger partial charge is 0.399 e. The number of hydrogen-bond donors (Lipinski definition) is 4. The smallest absolute Gasteiger partial charge is 0.0400 e. The predicted molar refractivity (Wildman–Crippen MR) is 127 cm³/mol. The summed E-state index contributed by atoms with van der Waals surface area (Å²) < 4.78 is 0. The van der Waals surface area contributed by atoms with Crippen molar-refractivity contribution in [2.45, 2.75) is 13.1 Å². The Hall–Kier alpha value is -3.60. The highest BCUT2D eigenvalue weighted by Crippen LogP contribution is 2.43. The zero-order valence-corrected chi connectivity index (χ0v) is 16.8. The molecule has 0 amide bonds. The van der Waals surface area contributed by atoms with E-state index >= 15 is 0 Å². The Morgan fingerprint density at radius 3 is 1.67 bits per heavy atom. The van der Waals surface area contributed by atoms with Gasteiger partial charge in [-0.3, -0.25) is 0 Å². The standard InChI is InChI=1S/C26H26N4/c27-15-17-3-1-5-20(13-17)25-23(19-7-9-22(29)10-8-19)11-12-24(30)26(25)21-6-2-4-18(14-21)16-28/h1-14H,15-16,27-30H2. The van der Waals surface area contributed by atoms with Gasteiger partial charge in [0.2, 0.25) is 0 Å². The Labute approximate surface area is 177 Å². The van der Waals surface area contributed by atoms with Gasteiger partial charge in [0, 0.05) is 30.0 Å². The van der Waals surface area contributed by atoms with Gasteiger partial charge < -0.3 is 22.9 Å². The van der Waals surface area contributed by atoms with Crippen LogP contribution in [0.4, 0.5) is 11.4 Å². The zero-order chi connectivity index (χ0) is 21.1. The van der Waals surface area contributed by atoms with Gasteiger partial charge in [-0.1, -0.05) is 54.6 Å². The van der Waals surface area contributed by atoms with Gasteiger partial charge in [0.25, 0.3) is 0 Å². The first-order valence-electron chi connectivity index (χ1n) is 9.98. The predicted octanol–water partition coefficient (Wildman–Crippen LogP) is 4.77. The van der Waals surface area contributed by atoms with Crippen molar-refractivity contribution >= 4 is 11.4 Å². The molecule has 0 spiro atoms. The molecule has 0 unspecified atom stereocenters. The summed E-state index contributed by atoms with van der Waals surface area (Å²) in [5.74, 6) is 0. The first kappa shape index (κ1) is 19.7. The third kappa shape index (κ3) is 3.79. The number of nitrogen functional groups attached to an aromatic ring is 2. The highest BCUT2D eigenvalue weighted by atomic mass is 14.6. The van der Waals surface area contributed by atoms with E-state index in [4.69, 9.17) is 22.9 Å². The molecule has 0 atom stereocenters. The summed E-state index contributed by atoms with van der Waals surface area (Å²) in [7, 11) is 0. The zero-order valence-electron chi connectivity index (χ0n) is 16.8. The van der Waals surface area contributed by atoms with Crippen LogP contribution < -0.4 is 22.9 Å². The quantitative estimate of drug-likeness (QED) is 0.366. The fourth-order valence-corrected chi connectivity index (χ4v) is 3.84. The number of anilines is 2. The van der Waals surface area contributed by atoms with Crippen LogP contribution in [0.1, 0.15) is 11.1 Å². The topological polar surface area (TPSA) is 104 Å². The molecule has 0 saturated heterocycles. The molecule has 8 N–H and O–H groups in total. The van der Waals surface area contributed by atoms with Gasteiger partial charge in [-0.2, -0.15) is 0 Å². The molecule has 4 nitrogen and oxygen atoms in total. The summed E-state index contributed by atoms with van der Waals surface area (Å²) in [6.45, 7) is 0.953. The minimum Gasteiger partial charge on any atom is -0.399 e. The molecule has 30 heavy (non-hydrogen) atoms. The Bertz CT molecular complexity index is 1180. The van der Waals surface area contributed by atoms with Gasteiger partial charge in [-0.25, -0.2) is 0 Å². The van der Waals surface area contributed by atoms with Crippen LogP contribution in [0.3, 0.4) is 0 Å². The van der Waals surface area contributed by atoms with Gasteiger partial charge in [0.15, 0.2) is 0 Å². The molecule has 4 heteroatoms. The van der Waals surface area contributed by atoms with Gasteiger partial charge in [0.05, 0.1) is 0 Å². The number of rotatable bonds is 5. The fraction of sp³-hybridized carbons (Fsp3) is 0.0769. The van der Waals surface area contributed by atoms with Crippen molar-refractivity contribution in [3.05, 3.63) is 96.1 Å². The Morgan fingerprint density at radius 2 is 1.10 bits per heavy atom. The molecule has 4 aromatic carbocycles. The molecule has 0 aromatic heterocycles. The average Bonchev–Trinajstić information content (AvgIpc) is 2.79. The van der Waals surface area contributed by atoms with E-state index in [-0.39, 0.29) is 0 Å². The van der Waals surface area contributed by atoms with Crippen molar-refractivity contribution in [1.82, 2.24) is 0 Å². The van der Waals surface area contributed by atoms with E-state index in [1.165, 1.54) is 0 Å². The second-order valence-corrected chi connectivity index (χ2v) is 7.38. The normalized spacial score (nSPS) is 10.9. The van der Waals surface area contributed by atoms with Crippen LogP contribution in [0.5, 0.6) is 0 Å². The summed E-state index contributed by atoms with van der Waals surface area (Å²) in [6, 6.07) is 28.5. The first-order valence-corrected chi connectivity index (χ1v) is 9.98. The van der Waals surface area contributed by atoms with E-state index < -0.39 is 0 Å². The Morgan fingerprint density at radius 1 is 0.533 bits per heavy atom. The molecular formula is C26H26N4. The van der Waals surface area contributed by atoms with Crippen LogP contribution in [0.2, 0.25) is 0 Å². The van der Waals surface area contributed by atoms with E-state index in [0.717, 1.165) is 55.9 Å². The van der Waals surface area contributed by atoms with Crippen LogP contribution in [-0.4, -0.2) is 0 Å². The maximum atomic E-state index is 6.55. The number of benzene rings is 4. The molecule has 150 valence electrons. The van der Waals surface area contributed by atoms with Crippen LogP contribution in [0.25, 0.3) is 33.4 Å². The highest BCUT2D eigenvalue weighted by Gasteiger charge is 2.17. The van der Waals surface area contributed by atoms with Crippen molar-refractivity contribution in [2.75, 3.05) is 11.5 Å². The monoisotopic (exact) mass is 394 g/mol. The molecule has 0 saturated carbocycles. The number of hydrogen-bond acceptors (Lipinski definition) is 4. The average molecular weight is 395 g/mol. The fourth-order valence-electron chi connectivity index (χ4n) is 3.84. The van der Waals surface area contributed by atoms with E-state index in [1.807, 2.05) is 54.6 Å². The lowest BCUT2D eigenvalue weighted by Gasteiger charge is -2.19. The summed E-state index contributed by atoms with van der Waals surface area (Å²) in [4.78, 5) is 0. The maximum absolute atomic E-state index is 6.55. The highest BCUT2D eigenvalue weighted by molar-refractivity contribution is 5.99. The van der Waals surface area contributed by atoms with E-state index in [0.29, 0.717) is 13.1 Å². The minimum atomic E-state index is 0.476. The third-order valence-corrected chi connectivity index (χ3v) is 5.36. The van der Waals surface area contributed by atoms with E-state index in [1.54, 1.807) is 0 Å². The van der Waals surface area contributed by atoms with Gasteiger partial charge >= 0.3 is 0 Å². The Balaban J connectivity index is 2.05. The van der Waals surface area contributed by atoms with Crippen LogP contribution in [0, 0.1) is 0 Å². The van der Waals surface area contributed by atoms with Gasteiger partial charge in [-0.15, -0.1) is 0 Å². The van der Waals surface area contributed by atoms with Crippen molar-refractivity contribution in [3.63, 3.8) is 0 Å². The molecule has 0 heterocycles. The van der Waals surface area contributed by atoms with Gasteiger partial charge in [-0.05, 0) is 69.3 Å². The van der Waals surface area contributed by atoms with Crippen LogP contribution in [0.15, 0.2) is 84.9 Å². The second kappa shape index (κ2) is 8.41. The molecule has 0 radical (unpaired) electrons. The lowest BCUT2D eigenvalue weighted by atomic mass is 9.85. The number of nitrogens with two attached hydrogens (primary N) is 4. The molecular weight excluding hydrogens is 368 g/mol. The third-order valence-electron chi connectivity index (χ3n) is 5.36. The van der Waals surface area contributed by atoms with Crippen molar-refractivity contribution in [2.24, 2.45) is 11.5 Å². The molecule has 0 aliphatic rings. The molecule has 0 aliphatic carbocycles. The lowest BCUT2D eigenvalue weighted by molar-refractivity contribution is 1.07. The molecule has 0 bridgehead atoms. The van der Waals surface area contributed by atoms with Crippen molar-refractivity contribution in [1.29, 1.82) is 0 Å². The summed E-state index contributed by atoms with van der Waals surface area (Å²) in [6.07, 6.45) is 0. The van der Waals surface area contributed by atoms with Gasteiger partial charge in [0.1, 0.15) is 0 Å². The van der Waals surface area contributed by atoms with Crippen molar-refractivity contribution < 1.29 is 0 Å². The summed E-state index contributed by atoms with van der Waals surface area (Å²) in [5.41, 5.74) is 34.2. The maximum Gasteiger partial charge on any atom is 0.0400 e. The molecule has 0 aliphatic heterocycles. The van der Waals surface area contributed by atoms with Crippen LogP contribution in [-0.2, 0) is 13.1 Å². The summed E-state index contributed by atoms with van der Waals surface area (Å²) >= 11 is 0. The molecule has 4 rings (SSSR count). The molecule has 4 aromatic rings. The van der Waals surface area contributed by atoms with E-state index in [2.05, 4.69) is 30.3 Å². The Kier molecular flexibility index (Phi) is 5.53. The first-order chi connectivity index (χ1) is 14.6. The SMILES string of the molecule is NCc1cccc(-c2c(N)ccc(-c3ccc(N)cc3)c2-c2cccc(CN)c2)c1. The van der Waals surface area contributed by atoms with Crippen molar-refractivity contribution in [3.8, 4) is 33.4 Å².